The average molecular weight is 268 g/mol. The Morgan fingerprint density at radius 2 is 2.39 bits per heavy atom. The second kappa shape index (κ2) is 5.82. The van der Waals surface area contributed by atoms with Crippen molar-refractivity contribution >= 4 is 17.3 Å². The van der Waals surface area contributed by atoms with Crippen molar-refractivity contribution in [3.05, 3.63) is 22.4 Å². The number of hydrogen-bond acceptors (Lipinski definition) is 4. The van der Waals surface area contributed by atoms with Crippen molar-refractivity contribution in [3.63, 3.8) is 0 Å². The molecule has 1 aromatic heterocycles. The fourth-order valence-corrected chi connectivity index (χ4v) is 3.48. The van der Waals surface area contributed by atoms with Gasteiger partial charge in [-0.25, -0.2) is 0 Å². The van der Waals surface area contributed by atoms with Gasteiger partial charge in [0.1, 0.15) is 6.04 Å². The molecule has 1 aromatic rings. The minimum Gasteiger partial charge on any atom is -0.480 e. The normalized spacial score (nSPS) is 24.0. The van der Waals surface area contributed by atoms with Gasteiger partial charge in [-0.3, -0.25) is 14.6 Å². The predicted molar refractivity (Wildman–Crippen MR) is 73.0 cm³/mol. The lowest BCUT2D eigenvalue weighted by molar-refractivity contribution is -0.144. The molecule has 2 atom stereocenters. The number of piperazine rings is 1. The largest absolute Gasteiger partial charge is 0.480 e. The van der Waals surface area contributed by atoms with Crippen LogP contribution in [0.5, 0.6) is 0 Å². The van der Waals surface area contributed by atoms with Crippen LogP contribution in [-0.4, -0.2) is 53.1 Å². The zero-order valence-electron chi connectivity index (χ0n) is 10.9. The van der Waals surface area contributed by atoms with Crippen LogP contribution < -0.4 is 0 Å². The molecule has 2 heterocycles. The molecule has 4 nitrogen and oxygen atoms in total. The van der Waals surface area contributed by atoms with Gasteiger partial charge in [-0.15, -0.1) is 11.3 Å². The van der Waals surface area contributed by atoms with E-state index >= 15 is 0 Å². The smallest absolute Gasteiger partial charge is 0.326 e. The molecule has 0 aliphatic carbocycles. The number of nitrogens with zero attached hydrogens (tertiary/aromatic N) is 2. The van der Waals surface area contributed by atoms with E-state index in [0.717, 1.165) is 31.1 Å². The molecule has 1 saturated heterocycles. The fourth-order valence-electron chi connectivity index (χ4n) is 2.63. The second-order valence-corrected chi connectivity index (χ2v) is 5.71. The molecule has 1 aliphatic rings. The maximum absolute atomic E-state index is 11.5. The lowest BCUT2D eigenvalue weighted by atomic mass is 10.1. The van der Waals surface area contributed by atoms with Gasteiger partial charge in [0.15, 0.2) is 0 Å². The Morgan fingerprint density at radius 3 is 2.89 bits per heavy atom. The van der Waals surface area contributed by atoms with Crippen molar-refractivity contribution in [2.24, 2.45) is 0 Å². The molecule has 0 saturated carbocycles. The molecule has 18 heavy (non-hydrogen) atoms. The van der Waals surface area contributed by atoms with Crippen LogP contribution in [0.15, 0.2) is 17.5 Å². The Bertz CT molecular complexity index is 394. The number of aliphatic carboxylic acids is 1. The number of rotatable bonds is 4. The summed E-state index contributed by atoms with van der Waals surface area (Å²) in [5.41, 5.74) is 0. The molecule has 100 valence electrons. The zero-order chi connectivity index (χ0) is 13.1. The van der Waals surface area contributed by atoms with E-state index in [-0.39, 0.29) is 0 Å². The van der Waals surface area contributed by atoms with E-state index in [1.807, 2.05) is 17.5 Å². The third kappa shape index (κ3) is 2.74. The van der Waals surface area contributed by atoms with Gasteiger partial charge >= 0.3 is 5.97 Å². The van der Waals surface area contributed by atoms with Crippen LogP contribution >= 0.6 is 11.3 Å². The van der Waals surface area contributed by atoms with Gasteiger partial charge in [0.2, 0.25) is 0 Å². The van der Waals surface area contributed by atoms with Crippen LogP contribution in [0.4, 0.5) is 0 Å². The molecule has 0 spiro atoms. The number of carboxylic acid groups (broad SMARTS) is 1. The number of thiophene rings is 1. The quantitative estimate of drug-likeness (QED) is 0.906. The van der Waals surface area contributed by atoms with Gasteiger partial charge in [-0.05, 0) is 24.9 Å². The van der Waals surface area contributed by atoms with Crippen LogP contribution in [0.2, 0.25) is 0 Å². The highest BCUT2D eigenvalue weighted by atomic mass is 32.1. The predicted octanol–water partition coefficient (Wildman–Crippen LogP) is 1.90. The number of carbonyl (C=O) groups is 1. The van der Waals surface area contributed by atoms with Crippen molar-refractivity contribution in [2.45, 2.75) is 25.9 Å². The molecule has 1 fully saturated rings. The summed E-state index contributed by atoms with van der Waals surface area (Å²) < 4.78 is 0. The average Bonchev–Trinajstić information content (AvgIpc) is 2.82. The van der Waals surface area contributed by atoms with Gasteiger partial charge in [0, 0.05) is 30.6 Å². The molecule has 1 aliphatic heterocycles. The highest BCUT2D eigenvalue weighted by molar-refractivity contribution is 7.10. The van der Waals surface area contributed by atoms with Crippen LogP contribution in [-0.2, 0) is 4.79 Å². The standard InChI is InChI=1S/C13H20N2O2S/c1-3-14-6-7-15(9-10(14)2)12(13(16)17)11-5-4-8-18-11/h4-5,8,10,12H,3,6-7,9H2,1-2H3,(H,16,17). The summed E-state index contributed by atoms with van der Waals surface area (Å²) in [6, 6.07) is 3.78. The second-order valence-electron chi connectivity index (χ2n) is 4.73. The van der Waals surface area contributed by atoms with Crippen LogP contribution in [0, 0.1) is 0 Å². The zero-order valence-corrected chi connectivity index (χ0v) is 11.7. The molecule has 0 aromatic carbocycles. The summed E-state index contributed by atoms with van der Waals surface area (Å²) >= 11 is 1.52. The summed E-state index contributed by atoms with van der Waals surface area (Å²) in [7, 11) is 0. The first kappa shape index (κ1) is 13.5. The van der Waals surface area contributed by atoms with E-state index in [4.69, 9.17) is 0 Å². The molecule has 2 rings (SSSR count). The molecule has 2 unspecified atom stereocenters. The summed E-state index contributed by atoms with van der Waals surface area (Å²) in [6.45, 7) is 7.96. The fraction of sp³-hybridized carbons (Fsp3) is 0.615. The van der Waals surface area contributed by atoms with E-state index < -0.39 is 12.0 Å². The Labute approximate surface area is 112 Å². The van der Waals surface area contributed by atoms with Crippen LogP contribution in [0.3, 0.4) is 0 Å². The first-order valence-corrected chi connectivity index (χ1v) is 7.25. The van der Waals surface area contributed by atoms with Crippen molar-refractivity contribution < 1.29 is 9.90 Å². The van der Waals surface area contributed by atoms with E-state index in [9.17, 15) is 9.90 Å². The van der Waals surface area contributed by atoms with E-state index in [0.29, 0.717) is 6.04 Å². The Hall–Kier alpha value is -0.910. The number of carboxylic acids is 1. The third-order valence-electron chi connectivity index (χ3n) is 3.61. The van der Waals surface area contributed by atoms with Crippen molar-refractivity contribution in [1.82, 2.24) is 9.80 Å². The molecular formula is C13H20N2O2S. The Balaban J connectivity index is 2.12. The summed E-state index contributed by atoms with van der Waals surface area (Å²) in [4.78, 5) is 16.9. The molecule has 5 heteroatoms. The van der Waals surface area contributed by atoms with E-state index in [2.05, 4.69) is 23.6 Å². The summed E-state index contributed by atoms with van der Waals surface area (Å²) in [5.74, 6) is -0.741. The minimum absolute atomic E-state index is 0.422. The van der Waals surface area contributed by atoms with Crippen molar-refractivity contribution in [3.8, 4) is 0 Å². The lowest BCUT2D eigenvalue weighted by Crippen LogP contribution is -2.53. The summed E-state index contributed by atoms with van der Waals surface area (Å²) in [6.07, 6.45) is 0. The Kier molecular flexibility index (Phi) is 4.37. The summed E-state index contributed by atoms with van der Waals surface area (Å²) in [5, 5.41) is 11.4. The van der Waals surface area contributed by atoms with Crippen molar-refractivity contribution in [2.75, 3.05) is 26.2 Å². The first-order chi connectivity index (χ1) is 8.63. The maximum Gasteiger partial charge on any atom is 0.326 e. The van der Waals surface area contributed by atoms with Gasteiger partial charge in [-0.1, -0.05) is 13.0 Å². The van der Waals surface area contributed by atoms with Gasteiger partial charge < -0.3 is 5.11 Å². The molecular weight excluding hydrogens is 248 g/mol. The van der Waals surface area contributed by atoms with E-state index in [1.165, 1.54) is 11.3 Å². The molecule has 0 radical (unpaired) electrons. The van der Waals surface area contributed by atoms with Crippen molar-refractivity contribution in [1.29, 1.82) is 0 Å². The topological polar surface area (TPSA) is 43.8 Å². The van der Waals surface area contributed by atoms with Gasteiger partial charge in [-0.2, -0.15) is 0 Å². The SMILES string of the molecule is CCN1CCN(C(C(=O)O)c2cccs2)CC1C. The molecule has 0 bridgehead atoms. The highest BCUT2D eigenvalue weighted by Gasteiger charge is 2.33. The minimum atomic E-state index is -0.741. The molecule has 0 amide bonds. The van der Waals surface area contributed by atoms with Crippen LogP contribution in [0.25, 0.3) is 0 Å². The third-order valence-corrected chi connectivity index (χ3v) is 4.54. The monoisotopic (exact) mass is 268 g/mol. The first-order valence-electron chi connectivity index (χ1n) is 6.37. The number of likely N-dealkylation sites (N-methyl/N-ethyl adjacent to an activating group) is 1. The lowest BCUT2D eigenvalue weighted by Gasteiger charge is -2.41. The van der Waals surface area contributed by atoms with E-state index in [1.54, 1.807) is 0 Å². The Morgan fingerprint density at radius 1 is 1.61 bits per heavy atom. The molecule has 1 N–H and O–H groups in total. The maximum atomic E-state index is 11.5. The highest BCUT2D eigenvalue weighted by Crippen LogP contribution is 2.27. The van der Waals surface area contributed by atoms with Gasteiger partial charge in [0.25, 0.3) is 0 Å². The van der Waals surface area contributed by atoms with Crippen LogP contribution in [0.1, 0.15) is 24.8 Å². The number of hydrogen-bond donors (Lipinski definition) is 1. The van der Waals surface area contributed by atoms with Gasteiger partial charge in [0.05, 0.1) is 0 Å².